The molecular formula is C19H27N3O. The Bertz CT molecular complexity index is 515. The van der Waals surface area contributed by atoms with E-state index < -0.39 is 0 Å². The first kappa shape index (κ1) is 17.7. The fourth-order valence-electron chi connectivity index (χ4n) is 2.70. The van der Waals surface area contributed by atoms with Crippen molar-refractivity contribution in [2.24, 2.45) is 10.2 Å². The van der Waals surface area contributed by atoms with Gasteiger partial charge in [0.15, 0.2) is 5.66 Å². The lowest BCUT2D eigenvalue weighted by Crippen LogP contribution is -2.29. The van der Waals surface area contributed by atoms with Crippen LogP contribution in [0.15, 0.2) is 40.6 Å². The van der Waals surface area contributed by atoms with Crippen LogP contribution in [0.3, 0.4) is 0 Å². The molecule has 23 heavy (non-hydrogen) atoms. The smallest absolute Gasteiger partial charge is 0.193 e. The average Bonchev–Trinajstić information content (AvgIpc) is 3.36. The Labute approximate surface area is 139 Å². The fraction of sp³-hybridized carbons (Fsp3) is 0.579. The van der Waals surface area contributed by atoms with Crippen LogP contribution in [0.5, 0.6) is 0 Å². The highest BCUT2D eigenvalue weighted by Crippen LogP contribution is 2.36. The molecule has 0 atom stereocenters. The highest BCUT2D eigenvalue weighted by molar-refractivity contribution is 5.14. The van der Waals surface area contributed by atoms with Crippen LogP contribution in [0.2, 0.25) is 0 Å². The van der Waals surface area contributed by atoms with E-state index >= 15 is 0 Å². The van der Waals surface area contributed by atoms with Crippen molar-refractivity contribution in [1.82, 2.24) is 4.90 Å². The zero-order chi connectivity index (χ0) is 16.4. The Morgan fingerprint density at radius 2 is 1.91 bits per heavy atom. The molecule has 0 radical (unpaired) electrons. The maximum absolute atomic E-state index is 5.36. The molecule has 1 heterocycles. The summed E-state index contributed by atoms with van der Waals surface area (Å²) in [7, 11) is 1.76. The summed E-state index contributed by atoms with van der Waals surface area (Å²) in [4.78, 5) is 2.49. The molecule has 1 aliphatic rings. The van der Waals surface area contributed by atoms with Gasteiger partial charge in [0.05, 0.1) is 0 Å². The highest BCUT2D eigenvalue weighted by atomic mass is 16.5. The molecule has 1 aliphatic heterocycles. The van der Waals surface area contributed by atoms with Crippen molar-refractivity contribution in [1.29, 1.82) is 0 Å². The van der Waals surface area contributed by atoms with Gasteiger partial charge in [-0.25, -0.2) is 0 Å². The van der Waals surface area contributed by atoms with Gasteiger partial charge in [0.25, 0.3) is 0 Å². The number of benzene rings is 1. The quantitative estimate of drug-likeness (QED) is 0.434. The van der Waals surface area contributed by atoms with Crippen molar-refractivity contribution < 1.29 is 4.74 Å². The highest BCUT2D eigenvalue weighted by Gasteiger charge is 2.39. The van der Waals surface area contributed by atoms with Crippen molar-refractivity contribution in [2.75, 3.05) is 26.8 Å². The third-order valence-electron chi connectivity index (χ3n) is 4.20. The van der Waals surface area contributed by atoms with E-state index in [0.717, 1.165) is 58.3 Å². The molecule has 0 N–H and O–H groups in total. The minimum absolute atomic E-state index is 0.187. The molecule has 0 aromatic heterocycles. The summed E-state index contributed by atoms with van der Waals surface area (Å²) in [6.07, 6.45) is 10.2. The Balaban J connectivity index is 1.81. The predicted octanol–water partition coefficient (Wildman–Crippen LogP) is 3.88. The standard InChI is InChI=1S/C19H27N3O/c1-3-4-12-19(20-21-19)13-15-22(14-8-9-16-23-2)17-18-10-6-5-7-11-18/h1,5-7,10-11H,4,8-9,12-17H2,2H3. The molecule has 2 rings (SSSR count). The van der Waals surface area contributed by atoms with E-state index in [9.17, 15) is 0 Å². The fourth-order valence-corrected chi connectivity index (χ4v) is 2.70. The average molecular weight is 313 g/mol. The summed E-state index contributed by atoms with van der Waals surface area (Å²) in [6.45, 7) is 3.87. The van der Waals surface area contributed by atoms with Crippen LogP contribution in [0, 0.1) is 12.3 Å². The first-order valence-corrected chi connectivity index (χ1v) is 8.41. The lowest BCUT2D eigenvalue weighted by Gasteiger charge is -2.23. The van der Waals surface area contributed by atoms with Crippen molar-refractivity contribution in [2.45, 2.75) is 44.3 Å². The molecule has 0 unspecified atom stereocenters. The lowest BCUT2D eigenvalue weighted by atomic mass is 10.0. The number of unbranched alkanes of at least 4 members (excludes halogenated alkanes) is 1. The van der Waals surface area contributed by atoms with Crippen molar-refractivity contribution >= 4 is 0 Å². The van der Waals surface area contributed by atoms with E-state index in [4.69, 9.17) is 11.2 Å². The summed E-state index contributed by atoms with van der Waals surface area (Å²) in [5.41, 5.74) is 1.16. The summed E-state index contributed by atoms with van der Waals surface area (Å²) in [6, 6.07) is 10.6. The second kappa shape index (κ2) is 9.44. The predicted molar refractivity (Wildman–Crippen MR) is 93.1 cm³/mol. The van der Waals surface area contributed by atoms with E-state index in [-0.39, 0.29) is 5.66 Å². The van der Waals surface area contributed by atoms with Crippen molar-refractivity contribution in [3.8, 4) is 12.3 Å². The van der Waals surface area contributed by atoms with Gasteiger partial charge in [-0.3, -0.25) is 4.90 Å². The van der Waals surface area contributed by atoms with Crippen LogP contribution < -0.4 is 0 Å². The van der Waals surface area contributed by atoms with Crippen LogP contribution in [-0.4, -0.2) is 37.4 Å². The van der Waals surface area contributed by atoms with Gasteiger partial charge in [0, 0.05) is 46.1 Å². The van der Waals surface area contributed by atoms with Gasteiger partial charge in [0.2, 0.25) is 0 Å². The Hall–Kier alpha value is -1.70. The van der Waals surface area contributed by atoms with Gasteiger partial charge in [-0.15, -0.1) is 12.3 Å². The Morgan fingerprint density at radius 1 is 1.13 bits per heavy atom. The number of terminal acetylenes is 1. The minimum atomic E-state index is -0.187. The van der Waals surface area contributed by atoms with Crippen LogP contribution in [0.25, 0.3) is 0 Å². The zero-order valence-electron chi connectivity index (χ0n) is 14.1. The minimum Gasteiger partial charge on any atom is -0.385 e. The lowest BCUT2D eigenvalue weighted by molar-refractivity contribution is 0.180. The monoisotopic (exact) mass is 313 g/mol. The molecule has 1 aromatic carbocycles. The molecule has 0 spiro atoms. The van der Waals surface area contributed by atoms with E-state index in [0.29, 0.717) is 0 Å². The third-order valence-corrected chi connectivity index (χ3v) is 4.20. The van der Waals surface area contributed by atoms with E-state index in [2.05, 4.69) is 51.4 Å². The maximum Gasteiger partial charge on any atom is 0.193 e. The largest absolute Gasteiger partial charge is 0.385 e. The summed E-state index contributed by atoms with van der Waals surface area (Å²) in [5.74, 6) is 2.69. The summed E-state index contributed by atoms with van der Waals surface area (Å²) >= 11 is 0. The number of hydrogen-bond acceptors (Lipinski definition) is 4. The van der Waals surface area contributed by atoms with Crippen LogP contribution in [-0.2, 0) is 11.3 Å². The third kappa shape index (κ3) is 6.52. The van der Waals surface area contributed by atoms with Gasteiger partial charge >= 0.3 is 0 Å². The first-order valence-electron chi connectivity index (χ1n) is 8.41. The molecule has 4 nitrogen and oxygen atoms in total. The summed E-state index contributed by atoms with van der Waals surface area (Å²) in [5, 5.41) is 8.49. The zero-order valence-corrected chi connectivity index (χ0v) is 14.1. The van der Waals surface area contributed by atoms with Gasteiger partial charge in [0.1, 0.15) is 0 Å². The molecule has 0 bridgehead atoms. The molecular weight excluding hydrogens is 286 g/mol. The molecule has 0 aliphatic carbocycles. The summed E-state index contributed by atoms with van der Waals surface area (Å²) < 4.78 is 5.14. The molecule has 0 fully saturated rings. The van der Waals surface area contributed by atoms with Gasteiger partial charge in [-0.1, -0.05) is 30.3 Å². The molecule has 0 saturated carbocycles. The number of nitrogens with zero attached hydrogens (tertiary/aromatic N) is 3. The number of ether oxygens (including phenoxy) is 1. The van der Waals surface area contributed by atoms with Crippen LogP contribution >= 0.6 is 0 Å². The SMILES string of the molecule is C#CCCC1(CCN(CCCCOC)Cc2ccccc2)N=N1. The van der Waals surface area contributed by atoms with Crippen molar-refractivity contribution in [3.63, 3.8) is 0 Å². The van der Waals surface area contributed by atoms with Gasteiger partial charge < -0.3 is 4.74 Å². The second-order valence-electron chi connectivity index (χ2n) is 6.10. The van der Waals surface area contributed by atoms with Crippen molar-refractivity contribution in [3.05, 3.63) is 35.9 Å². The number of methoxy groups -OCH3 is 1. The molecule has 4 heteroatoms. The molecule has 0 amide bonds. The van der Waals surface area contributed by atoms with Gasteiger partial charge in [-0.05, 0) is 24.9 Å². The van der Waals surface area contributed by atoms with Crippen LogP contribution in [0.1, 0.15) is 37.7 Å². The Morgan fingerprint density at radius 3 is 2.57 bits per heavy atom. The number of hydrogen-bond donors (Lipinski definition) is 0. The number of rotatable bonds is 12. The van der Waals surface area contributed by atoms with E-state index in [1.807, 2.05) is 0 Å². The maximum atomic E-state index is 5.36. The second-order valence-corrected chi connectivity index (χ2v) is 6.10. The topological polar surface area (TPSA) is 37.2 Å². The molecule has 0 saturated heterocycles. The van der Waals surface area contributed by atoms with E-state index in [1.165, 1.54) is 5.56 Å². The first-order chi connectivity index (χ1) is 11.3. The van der Waals surface area contributed by atoms with Crippen LogP contribution in [0.4, 0.5) is 0 Å². The Kier molecular flexibility index (Phi) is 7.25. The normalized spacial score (nSPS) is 14.8. The van der Waals surface area contributed by atoms with E-state index in [1.54, 1.807) is 7.11 Å². The molecule has 124 valence electrons. The van der Waals surface area contributed by atoms with Gasteiger partial charge in [-0.2, -0.15) is 10.2 Å². The molecule has 1 aromatic rings.